The van der Waals surface area contributed by atoms with Crippen LogP contribution in [0, 0.1) is 11.6 Å². The van der Waals surface area contributed by atoms with Crippen LogP contribution in [0.25, 0.3) is 11.0 Å². The first-order valence-corrected chi connectivity index (χ1v) is 6.73. The Morgan fingerprint density at radius 2 is 1.90 bits per heavy atom. The van der Waals surface area contributed by atoms with Gasteiger partial charge in [-0.2, -0.15) is 0 Å². The second-order valence-corrected chi connectivity index (χ2v) is 5.40. The summed E-state index contributed by atoms with van der Waals surface area (Å²) in [6.07, 6.45) is 0. The van der Waals surface area contributed by atoms with Gasteiger partial charge in [0.1, 0.15) is 11.6 Å². The molecule has 0 aliphatic rings. The van der Waals surface area contributed by atoms with Crippen LogP contribution >= 0.6 is 15.9 Å². The predicted molar refractivity (Wildman–Crippen MR) is 76.3 cm³/mol. The number of halogens is 3. The van der Waals surface area contributed by atoms with Crippen LogP contribution in [0.2, 0.25) is 0 Å². The predicted octanol–water partition coefficient (Wildman–Crippen LogP) is 4.52. The Bertz CT molecular complexity index is 764. The molecule has 1 atom stereocenters. The number of hydrogen-bond acceptors (Lipinski definition) is 2. The van der Waals surface area contributed by atoms with Gasteiger partial charge in [0.25, 0.3) is 0 Å². The van der Waals surface area contributed by atoms with E-state index < -0.39 is 17.7 Å². The van der Waals surface area contributed by atoms with Crippen molar-refractivity contribution in [2.24, 2.45) is 5.73 Å². The van der Waals surface area contributed by atoms with Crippen LogP contribution in [-0.4, -0.2) is 0 Å². The number of fused-ring (bicyclic) bond motifs is 1. The van der Waals surface area contributed by atoms with Gasteiger partial charge in [0, 0.05) is 9.86 Å². The molecule has 20 heavy (non-hydrogen) atoms. The third-order valence-electron chi connectivity index (χ3n) is 3.07. The van der Waals surface area contributed by atoms with Crippen molar-refractivity contribution in [2.75, 3.05) is 0 Å². The van der Waals surface area contributed by atoms with E-state index in [4.69, 9.17) is 10.2 Å². The van der Waals surface area contributed by atoms with Crippen molar-refractivity contribution in [3.05, 3.63) is 69.9 Å². The van der Waals surface area contributed by atoms with E-state index in [-0.39, 0.29) is 5.58 Å². The van der Waals surface area contributed by atoms with Gasteiger partial charge in [-0.15, -0.1) is 0 Å². The van der Waals surface area contributed by atoms with Crippen molar-refractivity contribution in [3.8, 4) is 0 Å². The molecular weight excluding hydrogens is 328 g/mol. The van der Waals surface area contributed by atoms with E-state index in [1.54, 1.807) is 24.3 Å². The van der Waals surface area contributed by atoms with Crippen LogP contribution < -0.4 is 5.73 Å². The first kappa shape index (κ1) is 13.3. The van der Waals surface area contributed by atoms with Gasteiger partial charge in [-0.3, -0.25) is 0 Å². The number of para-hydroxylation sites is 1. The lowest BCUT2D eigenvalue weighted by Gasteiger charge is -2.09. The number of hydrogen-bond donors (Lipinski definition) is 1. The zero-order valence-corrected chi connectivity index (χ0v) is 11.8. The molecule has 0 saturated heterocycles. The Hall–Kier alpha value is -1.72. The van der Waals surface area contributed by atoms with Crippen LogP contribution in [-0.2, 0) is 0 Å². The van der Waals surface area contributed by atoms with E-state index in [2.05, 4.69) is 15.9 Å². The number of furan rings is 1. The van der Waals surface area contributed by atoms with Crippen LogP contribution in [0.5, 0.6) is 0 Å². The molecule has 0 saturated carbocycles. The highest BCUT2D eigenvalue weighted by atomic mass is 79.9. The lowest BCUT2D eigenvalue weighted by Crippen LogP contribution is -2.11. The molecule has 1 unspecified atom stereocenters. The second kappa shape index (κ2) is 5.00. The topological polar surface area (TPSA) is 39.2 Å². The van der Waals surface area contributed by atoms with Gasteiger partial charge in [-0.05, 0) is 35.9 Å². The zero-order valence-electron chi connectivity index (χ0n) is 10.2. The lowest BCUT2D eigenvalue weighted by molar-refractivity contribution is 0.501. The average Bonchev–Trinajstić information content (AvgIpc) is 2.82. The third-order valence-corrected chi connectivity index (χ3v) is 3.52. The molecule has 0 aliphatic carbocycles. The number of benzene rings is 2. The maximum Gasteiger partial charge on any atom is 0.169 e. The van der Waals surface area contributed by atoms with E-state index in [0.717, 1.165) is 0 Å². The lowest BCUT2D eigenvalue weighted by atomic mass is 10.1. The summed E-state index contributed by atoms with van der Waals surface area (Å²) in [5.74, 6) is -0.448. The normalized spacial score (nSPS) is 12.8. The van der Waals surface area contributed by atoms with Crippen molar-refractivity contribution in [1.29, 1.82) is 0 Å². The van der Waals surface area contributed by atoms with Crippen LogP contribution in [0.15, 0.2) is 51.4 Å². The van der Waals surface area contributed by atoms with E-state index in [0.29, 0.717) is 21.2 Å². The molecule has 1 aromatic heterocycles. The molecule has 2 aromatic carbocycles. The standard InChI is InChI=1S/C15H10BrF2NO/c16-10-4-9(5-11(17)7-10)14(19)13-6-8-2-1-3-12(18)15(8)20-13/h1-7,14H,19H2. The summed E-state index contributed by atoms with van der Waals surface area (Å²) in [6, 6.07) is 10.0. The number of rotatable bonds is 2. The summed E-state index contributed by atoms with van der Waals surface area (Å²) in [6.45, 7) is 0. The summed E-state index contributed by atoms with van der Waals surface area (Å²) in [4.78, 5) is 0. The molecule has 0 bridgehead atoms. The minimum Gasteiger partial charge on any atom is -0.456 e. The van der Waals surface area contributed by atoms with Crippen LogP contribution in [0.1, 0.15) is 17.4 Å². The Kier molecular flexibility index (Phi) is 3.31. The first-order chi connectivity index (χ1) is 9.54. The van der Waals surface area contributed by atoms with Gasteiger partial charge in [0.15, 0.2) is 11.4 Å². The molecule has 5 heteroatoms. The Balaban J connectivity index is 2.07. The fraction of sp³-hybridized carbons (Fsp3) is 0.0667. The second-order valence-electron chi connectivity index (χ2n) is 4.49. The van der Waals surface area contributed by atoms with Crippen molar-refractivity contribution < 1.29 is 13.2 Å². The summed E-state index contributed by atoms with van der Waals surface area (Å²) in [7, 11) is 0. The molecule has 3 rings (SSSR count). The van der Waals surface area contributed by atoms with Crippen LogP contribution in [0.3, 0.4) is 0 Å². The molecular formula is C15H10BrF2NO. The molecule has 102 valence electrons. The molecule has 0 aliphatic heterocycles. The molecule has 0 spiro atoms. The van der Waals surface area contributed by atoms with Gasteiger partial charge in [-0.1, -0.05) is 28.1 Å². The fourth-order valence-electron chi connectivity index (χ4n) is 2.12. The number of nitrogens with two attached hydrogens (primary N) is 1. The Morgan fingerprint density at radius 3 is 2.60 bits per heavy atom. The van der Waals surface area contributed by atoms with Crippen molar-refractivity contribution in [1.82, 2.24) is 0 Å². The summed E-state index contributed by atoms with van der Waals surface area (Å²) < 4.78 is 33.0. The van der Waals surface area contributed by atoms with Gasteiger partial charge < -0.3 is 10.2 Å². The molecule has 2 N–H and O–H groups in total. The SMILES string of the molecule is NC(c1cc(F)cc(Br)c1)c1cc2cccc(F)c2o1. The molecule has 0 amide bonds. The highest BCUT2D eigenvalue weighted by molar-refractivity contribution is 9.10. The highest BCUT2D eigenvalue weighted by Crippen LogP contribution is 2.29. The van der Waals surface area contributed by atoms with Gasteiger partial charge >= 0.3 is 0 Å². The van der Waals surface area contributed by atoms with Gasteiger partial charge in [0.05, 0.1) is 6.04 Å². The average molecular weight is 338 g/mol. The minimum absolute atomic E-state index is 0.161. The van der Waals surface area contributed by atoms with E-state index in [9.17, 15) is 8.78 Å². The Labute approximate surface area is 122 Å². The minimum atomic E-state index is -0.659. The smallest absolute Gasteiger partial charge is 0.169 e. The summed E-state index contributed by atoms with van der Waals surface area (Å²) in [5, 5.41) is 0.630. The molecule has 3 aromatic rings. The summed E-state index contributed by atoms with van der Waals surface area (Å²) >= 11 is 3.21. The fourth-order valence-corrected chi connectivity index (χ4v) is 2.60. The van der Waals surface area contributed by atoms with Crippen molar-refractivity contribution in [3.63, 3.8) is 0 Å². The van der Waals surface area contributed by atoms with E-state index >= 15 is 0 Å². The maximum absolute atomic E-state index is 13.6. The largest absolute Gasteiger partial charge is 0.456 e. The van der Waals surface area contributed by atoms with Gasteiger partial charge in [-0.25, -0.2) is 8.78 Å². The quantitative estimate of drug-likeness (QED) is 0.746. The Morgan fingerprint density at radius 1 is 1.10 bits per heavy atom. The molecule has 1 heterocycles. The van der Waals surface area contributed by atoms with Crippen molar-refractivity contribution in [2.45, 2.75) is 6.04 Å². The maximum atomic E-state index is 13.6. The highest BCUT2D eigenvalue weighted by Gasteiger charge is 2.17. The van der Waals surface area contributed by atoms with E-state index in [1.807, 2.05) is 0 Å². The molecule has 2 nitrogen and oxygen atoms in total. The first-order valence-electron chi connectivity index (χ1n) is 5.94. The zero-order chi connectivity index (χ0) is 14.3. The monoisotopic (exact) mass is 337 g/mol. The van der Waals surface area contributed by atoms with Gasteiger partial charge in [0.2, 0.25) is 0 Å². The van der Waals surface area contributed by atoms with E-state index in [1.165, 1.54) is 18.2 Å². The molecule has 0 fully saturated rings. The van der Waals surface area contributed by atoms with Crippen molar-refractivity contribution >= 4 is 26.9 Å². The summed E-state index contributed by atoms with van der Waals surface area (Å²) in [5.41, 5.74) is 6.78. The third kappa shape index (κ3) is 2.34. The van der Waals surface area contributed by atoms with Crippen LogP contribution in [0.4, 0.5) is 8.78 Å². The molecule has 0 radical (unpaired) electrons.